The van der Waals surface area contributed by atoms with Crippen LogP contribution in [0.5, 0.6) is 0 Å². The molecular formula is C13H15ClN2S. The maximum Gasteiger partial charge on any atom is 0.161 e. The molecule has 2 aliphatic rings. The van der Waals surface area contributed by atoms with Gasteiger partial charge in [-0.25, -0.2) is 0 Å². The molecule has 2 nitrogen and oxygen atoms in total. The minimum Gasteiger partial charge on any atom is -0.335 e. The molecule has 1 aliphatic heterocycles. The summed E-state index contributed by atoms with van der Waals surface area (Å²) in [5, 5.41) is 5.21. The third kappa shape index (κ3) is 2.45. The number of halogens is 1. The Hall–Kier alpha value is -0.670. The lowest BCUT2D eigenvalue weighted by Gasteiger charge is -2.16. The molecule has 1 heterocycles. The van der Waals surface area contributed by atoms with E-state index < -0.39 is 0 Å². The highest BCUT2D eigenvalue weighted by Gasteiger charge is 2.38. The van der Waals surface area contributed by atoms with Crippen LogP contribution in [0, 0.1) is 0 Å². The molecule has 3 rings (SSSR count). The Labute approximate surface area is 111 Å². The second-order valence-corrected chi connectivity index (χ2v) is 6.17. The minimum atomic E-state index is 0.249. The average Bonchev–Trinajstić information content (AvgIpc) is 2.94. The lowest BCUT2D eigenvalue weighted by Crippen LogP contribution is -2.21. The number of anilines is 1. The van der Waals surface area contributed by atoms with Gasteiger partial charge in [-0.3, -0.25) is 4.99 Å². The molecule has 1 saturated carbocycles. The van der Waals surface area contributed by atoms with Crippen molar-refractivity contribution in [2.75, 3.05) is 11.1 Å². The summed E-state index contributed by atoms with van der Waals surface area (Å²) < 4.78 is 0. The SMILES string of the molecule is Clc1ccc(NC2=NC3(CCCC3)CS2)cc1. The Balaban J connectivity index is 1.72. The molecule has 1 N–H and O–H groups in total. The lowest BCUT2D eigenvalue weighted by atomic mass is 10.0. The van der Waals surface area contributed by atoms with Crippen molar-refractivity contribution in [1.82, 2.24) is 0 Å². The normalized spacial score (nSPS) is 21.8. The summed E-state index contributed by atoms with van der Waals surface area (Å²) in [7, 11) is 0. The summed E-state index contributed by atoms with van der Waals surface area (Å²) in [6.45, 7) is 0. The van der Waals surface area contributed by atoms with Crippen LogP contribution in [-0.2, 0) is 0 Å². The first-order chi connectivity index (χ1) is 8.26. The minimum absolute atomic E-state index is 0.249. The van der Waals surface area contributed by atoms with Crippen molar-refractivity contribution in [3.63, 3.8) is 0 Å². The molecule has 0 aromatic heterocycles. The number of benzene rings is 1. The van der Waals surface area contributed by atoms with E-state index >= 15 is 0 Å². The Morgan fingerprint density at radius 1 is 1.18 bits per heavy atom. The fraction of sp³-hybridized carbons (Fsp3) is 0.462. The van der Waals surface area contributed by atoms with E-state index in [1.54, 1.807) is 0 Å². The van der Waals surface area contributed by atoms with Crippen molar-refractivity contribution in [3.8, 4) is 0 Å². The number of rotatable bonds is 1. The van der Waals surface area contributed by atoms with Crippen LogP contribution in [0.25, 0.3) is 0 Å². The molecule has 0 saturated heterocycles. The van der Waals surface area contributed by atoms with Gasteiger partial charge in [0.15, 0.2) is 5.17 Å². The zero-order valence-corrected chi connectivity index (χ0v) is 11.2. The van der Waals surface area contributed by atoms with E-state index in [4.69, 9.17) is 16.6 Å². The van der Waals surface area contributed by atoms with Crippen molar-refractivity contribution in [2.45, 2.75) is 31.2 Å². The Bertz CT molecular complexity index is 435. The summed E-state index contributed by atoms with van der Waals surface area (Å²) in [6.07, 6.45) is 5.17. The number of thioether (sulfide) groups is 1. The van der Waals surface area contributed by atoms with Crippen LogP contribution < -0.4 is 5.32 Å². The molecule has 1 aliphatic carbocycles. The average molecular weight is 267 g/mol. The Kier molecular flexibility index (Phi) is 3.05. The maximum atomic E-state index is 5.86. The number of amidine groups is 1. The molecule has 1 aromatic carbocycles. The largest absolute Gasteiger partial charge is 0.335 e. The summed E-state index contributed by atoms with van der Waals surface area (Å²) in [4.78, 5) is 4.87. The number of nitrogens with zero attached hydrogens (tertiary/aromatic N) is 1. The van der Waals surface area contributed by atoms with Crippen LogP contribution in [0.3, 0.4) is 0 Å². The highest BCUT2D eigenvalue weighted by atomic mass is 35.5. The summed E-state index contributed by atoms with van der Waals surface area (Å²) in [6, 6.07) is 7.78. The van der Waals surface area contributed by atoms with Gasteiger partial charge in [-0.1, -0.05) is 36.2 Å². The maximum absolute atomic E-state index is 5.86. The van der Waals surface area contributed by atoms with Crippen LogP contribution in [0.1, 0.15) is 25.7 Å². The molecule has 0 atom stereocenters. The van der Waals surface area contributed by atoms with Crippen molar-refractivity contribution in [2.24, 2.45) is 4.99 Å². The van der Waals surface area contributed by atoms with E-state index in [9.17, 15) is 0 Å². The molecular weight excluding hydrogens is 252 g/mol. The second-order valence-electron chi connectivity index (χ2n) is 4.77. The van der Waals surface area contributed by atoms with Gasteiger partial charge in [-0.2, -0.15) is 0 Å². The van der Waals surface area contributed by atoms with E-state index in [-0.39, 0.29) is 5.54 Å². The molecule has 0 bridgehead atoms. The molecule has 1 aromatic rings. The van der Waals surface area contributed by atoms with Gasteiger partial charge in [0, 0.05) is 16.5 Å². The second kappa shape index (κ2) is 4.54. The molecule has 90 valence electrons. The van der Waals surface area contributed by atoms with E-state index in [0.29, 0.717) is 0 Å². The van der Waals surface area contributed by atoms with E-state index in [0.717, 1.165) is 21.6 Å². The first kappa shape index (κ1) is 11.4. The smallest absolute Gasteiger partial charge is 0.161 e. The fourth-order valence-electron chi connectivity index (χ4n) is 2.49. The van der Waals surface area contributed by atoms with E-state index in [2.05, 4.69) is 5.32 Å². The molecule has 4 heteroatoms. The molecule has 1 spiro atoms. The highest BCUT2D eigenvalue weighted by molar-refractivity contribution is 8.14. The van der Waals surface area contributed by atoms with Gasteiger partial charge < -0.3 is 5.32 Å². The Morgan fingerprint density at radius 3 is 2.59 bits per heavy atom. The van der Waals surface area contributed by atoms with Crippen LogP contribution >= 0.6 is 23.4 Å². The first-order valence-corrected chi connectivity index (χ1v) is 7.37. The molecule has 0 unspecified atom stereocenters. The third-order valence-electron chi connectivity index (χ3n) is 3.45. The monoisotopic (exact) mass is 266 g/mol. The van der Waals surface area contributed by atoms with Gasteiger partial charge in [-0.15, -0.1) is 0 Å². The number of nitrogens with one attached hydrogen (secondary N) is 1. The molecule has 1 fully saturated rings. The summed E-state index contributed by atoms with van der Waals surface area (Å²) in [5.41, 5.74) is 1.31. The molecule has 0 radical (unpaired) electrons. The third-order valence-corrected chi connectivity index (χ3v) is 4.85. The van der Waals surface area contributed by atoms with Crippen molar-refractivity contribution < 1.29 is 0 Å². The van der Waals surface area contributed by atoms with Crippen molar-refractivity contribution in [1.29, 1.82) is 0 Å². The van der Waals surface area contributed by atoms with Crippen LogP contribution in [0.4, 0.5) is 5.69 Å². The number of hydrogen-bond donors (Lipinski definition) is 1. The predicted octanol–water partition coefficient (Wildman–Crippen LogP) is 4.17. The number of aliphatic imine (C=N–C) groups is 1. The van der Waals surface area contributed by atoms with Crippen LogP contribution in [0.15, 0.2) is 29.3 Å². The summed E-state index contributed by atoms with van der Waals surface area (Å²) in [5.74, 6) is 1.14. The van der Waals surface area contributed by atoms with Gasteiger partial charge in [0.2, 0.25) is 0 Å². The first-order valence-electron chi connectivity index (χ1n) is 6.01. The van der Waals surface area contributed by atoms with Gasteiger partial charge >= 0.3 is 0 Å². The zero-order valence-electron chi connectivity index (χ0n) is 9.58. The number of hydrogen-bond acceptors (Lipinski definition) is 3. The van der Waals surface area contributed by atoms with Gasteiger partial charge in [0.1, 0.15) is 0 Å². The van der Waals surface area contributed by atoms with Gasteiger partial charge in [-0.05, 0) is 37.1 Å². The standard InChI is InChI=1S/C13H15ClN2S/c14-10-3-5-11(6-4-10)15-12-16-13(9-17-12)7-1-2-8-13/h3-6H,1-2,7-9H2,(H,15,16). The quantitative estimate of drug-likeness (QED) is 0.825. The molecule has 17 heavy (non-hydrogen) atoms. The van der Waals surface area contributed by atoms with Gasteiger partial charge in [0.25, 0.3) is 0 Å². The van der Waals surface area contributed by atoms with Crippen LogP contribution in [0.2, 0.25) is 5.02 Å². The highest BCUT2D eigenvalue weighted by Crippen LogP contribution is 2.41. The van der Waals surface area contributed by atoms with Gasteiger partial charge in [0.05, 0.1) is 5.54 Å². The zero-order chi connectivity index (χ0) is 11.7. The van der Waals surface area contributed by atoms with E-state index in [1.165, 1.54) is 25.7 Å². The predicted molar refractivity (Wildman–Crippen MR) is 76.2 cm³/mol. The fourth-order valence-corrected chi connectivity index (χ4v) is 3.83. The van der Waals surface area contributed by atoms with E-state index in [1.807, 2.05) is 36.0 Å². The van der Waals surface area contributed by atoms with Crippen molar-refractivity contribution >= 4 is 34.2 Å². The summed E-state index contributed by atoms with van der Waals surface area (Å²) >= 11 is 7.71. The topological polar surface area (TPSA) is 24.4 Å². The Morgan fingerprint density at radius 2 is 1.88 bits per heavy atom. The van der Waals surface area contributed by atoms with Crippen LogP contribution in [-0.4, -0.2) is 16.5 Å². The lowest BCUT2D eigenvalue weighted by molar-refractivity contribution is 0.508. The van der Waals surface area contributed by atoms with Crippen molar-refractivity contribution in [3.05, 3.63) is 29.3 Å². The molecule has 0 amide bonds.